The summed E-state index contributed by atoms with van der Waals surface area (Å²) in [7, 11) is 3.23. The standard InChI is InChI=1S/C12H19FN2O2/c1-16-8-12(17-2)7-15-11-4-9(6-14)3-10(13)5-11/h3-5,12,15H,6-8,14H2,1-2H3. The summed E-state index contributed by atoms with van der Waals surface area (Å²) in [5.41, 5.74) is 6.93. The number of hydrogen-bond acceptors (Lipinski definition) is 4. The van der Waals surface area contributed by atoms with Crippen LogP contribution in [-0.2, 0) is 16.0 Å². The lowest BCUT2D eigenvalue weighted by molar-refractivity contribution is 0.0365. The molecule has 0 saturated carbocycles. The van der Waals surface area contributed by atoms with Gasteiger partial charge in [0.1, 0.15) is 5.82 Å². The van der Waals surface area contributed by atoms with E-state index in [4.69, 9.17) is 15.2 Å². The van der Waals surface area contributed by atoms with Crippen LogP contribution in [-0.4, -0.2) is 33.5 Å². The van der Waals surface area contributed by atoms with Crippen molar-refractivity contribution in [3.05, 3.63) is 29.6 Å². The Bertz CT molecular complexity index is 347. The van der Waals surface area contributed by atoms with Gasteiger partial charge in [0.05, 0.1) is 12.7 Å². The molecular weight excluding hydrogens is 223 g/mol. The Labute approximate surface area is 101 Å². The molecule has 17 heavy (non-hydrogen) atoms. The van der Waals surface area contributed by atoms with Gasteiger partial charge >= 0.3 is 0 Å². The topological polar surface area (TPSA) is 56.5 Å². The SMILES string of the molecule is COCC(CNc1cc(F)cc(CN)c1)OC. The fourth-order valence-electron chi connectivity index (χ4n) is 1.50. The summed E-state index contributed by atoms with van der Waals surface area (Å²) < 4.78 is 23.4. The van der Waals surface area contributed by atoms with Gasteiger partial charge in [0.2, 0.25) is 0 Å². The molecule has 3 N–H and O–H groups in total. The van der Waals surface area contributed by atoms with Crippen LogP contribution in [0.15, 0.2) is 18.2 Å². The van der Waals surface area contributed by atoms with E-state index in [1.165, 1.54) is 12.1 Å². The molecule has 1 aromatic rings. The molecule has 0 saturated heterocycles. The predicted octanol–water partition coefficient (Wildman–Crippen LogP) is 1.36. The summed E-state index contributed by atoms with van der Waals surface area (Å²) in [4.78, 5) is 0. The normalized spacial score (nSPS) is 12.5. The van der Waals surface area contributed by atoms with Gasteiger partial charge in [-0.25, -0.2) is 4.39 Å². The van der Waals surface area contributed by atoms with E-state index in [1.807, 2.05) is 6.07 Å². The predicted molar refractivity (Wildman–Crippen MR) is 65.5 cm³/mol. The van der Waals surface area contributed by atoms with Crippen LogP contribution in [0.3, 0.4) is 0 Å². The molecule has 96 valence electrons. The van der Waals surface area contributed by atoms with Crippen molar-refractivity contribution in [2.45, 2.75) is 12.6 Å². The molecule has 1 unspecified atom stereocenters. The Morgan fingerprint density at radius 1 is 1.35 bits per heavy atom. The second-order valence-electron chi connectivity index (χ2n) is 3.75. The van der Waals surface area contributed by atoms with Crippen molar-refractivity contribution in [2.24, 2.45) is 5.73 Å². The highest BCUT2D eigenvalue weighted by molar-refractivity contribution is 5.46. The van der Waals surface area contributed by atoms with Crippen LogP contribution in [0.1, 0.15) is 5.56 Å². The molecule has 1 aromatic carbocycles. The quantitative estimate of drug-likeness (QED) is 0.758. The highest BCUT2D eigenvalue weighted by Crippen LogP contribution is 2.13. The highest BCUT2D eigenvalue weighted by atomic mass is 19.1. The van der Waals surface area contributed by atoms with Gasteiger partial charge in [-0.15, -0.1) is 0 Å². The average molecular weight is 242 g/mol. The molecule has 0 fully saturated rings. The lowest BCUT2D eigenvalue weighted by atomic mass is 10.2. The van der Waals surface area contributed by atoms with Crippen LogP contribution in [0.5, 0.6) is 0 Å². The van der Waals surface area contributed by atoms with Crippen LogP contribution in [0.25, 0.3) is 0 Å². The first-order valence-electron chi connectivity index (χ1n) is 5.44. The Balaban J connectivity index is 2.58. The molecule has 0 heterocycles. The van der Waals surface area contributed by atoms with Crippen LogP contribution in [0, 0.1) is 5.82 Å². The van der Waals surface area contributed by atoms with Gasteiger partial charge < -0.3 is 20.5 Å². The lowest BCUT2D eigenvalue weighted by Crippen LogP contribution is -2.26. The minimum absolute atomic E-state index is 0.0652. The largest absolute Gasteiger partial charge is 0.382 e. The molecule has 0 aromatic heterocycles. The summed E-state index contributed by atoms with van der Waals surface area (Å²) in [6.07, 6.45) is -0.0652. The van der Waals surface area contributed by atoms with Crippen molar-refractivity contribution >= 4 is 5.69 Å². The second-order valence-corrected chi connectivity index (χ2v) is 3.75. The summed E-state index contributed by atoms with van der Waals surface area (Å²) >= 11 is 0. The van der Waals surface area contributed by atoms with Gasteiger partial charge in [-0.05, 0) is 23.8 Å². The van der Waals surface area contributed by atoms with E-state index in [2.05, 4.69) is 5.32 Å². The van der Waals surface area contributed by atoms with E-state index in [1.54, 1.807) is 14.2 Å². The van der Waals surface area contributed by atoms with Crippen molar-refractivity contribution in [1.82, 2.24) is 0 Å². The van der Waals surface area contributed by atoms with Crippen molar-refractivity contribution in [2.75, 3.05) is 32.7 Å². The molecule has 0 radical (unpaired) electrons. The molecule has 0 bridgehead atoms. The zero-order valence-corrected chi connectivity index (χ0v) is 10.2. The number of halogens is 1. The van der Waals surface area contributed by atoms with Gasteiger partial charge in [-0.2, -0.15) is 0 Å². The number of ether oxygens (including phenoxy) is 2. The molecule has 0 amide bonds. The number of nitrogens with two attached hydrogens (primary N) is 1. The Morgan fingerprint density at radius 3 is 2.71 bits per heavy atom. The summed E-state index contributed by atoms with van der Waals surface area (Å²) in [6, 6.07) is 4.68. The number of methoxy groups -OCH3 is 2. The van der Waals surface area contributed by atoms with Crippen molar-refractivity contribution in [3.8, 4) is 0 Å². The molecule has 0 aliphatic rings. The maximum atomic E-state index is 13.2. The molecule has 0 aliphatic carbocycles. The van der Waals surface area contributed by atoms with E-state index in [0.29, 0.717) is 25.4 Å². The van der Waals surface area contributed by atoms with E-state index < -0.39 is 0 Å². The van der Waals surface area contributed by atoms with Gasteiger partial charge in [0.15, 0.2) is 0 Å². The van der Waals surface area contributed by atoms with Gasteiger partial charge in [-0.3, -0.25) is 0 Å². The zero-order chi connectivity index (χ0) is 12.7. The number of rotatable bonds is 7. The number of anilines is 1. The first kappa shape index (κ1) is 13.9. The van der Waals surface area contributed by atoms with Crippen LogP contribution >= 0.6 is 0 Å². The van der Waals surface area contributed by atoms with Gasteiger partial charge in [0.25, 0.3) is 0 Å². The van der Waals surface area contributed by atoms with Crippen LogP contribution in [0.2, 0.25) is 0 Å². The summed E-state index contributed by atoms with van der Waals surface area (Å²) in [6.45, 7) is 1.36. The van der Waals surface area contributed by atoms with Crippen molar-refractivity contribution < 1.29 is 13.9 Å². The average Bonchev–Trinajstić information content (AvgIpc) is 2.33. The minimum Gasteiger partial charge on any atom is -0.382 e. The Morgan fingerprint density at radius 2 is 2.12 bits per heavy atom. The van der Waals surface area contributed by atoms with Gasteiger partial charge in [-0.1, -0.05) is 0 Å². The third-order valence-corrected chi connectivity index (χ3v) is 2.41. The van der Waals surface area contributed by atoms with E-state index in [-0.39, 0.29) is 11.9 Å². The van der Waals surface area contributed by atoms with Crippen molar-refractivity contribution in [1.29, 1.82) is 0 Å². The number of hydrogen-bond donors (Lipinski definition) is 2. The Hall–Kier alpha value is -1.17. The third kappa shape index (κ3) is 4.68. The zero-order valence-electron chi connectivity index (χ0n) is 10.2. The molecule has 0 spiro atoms. The van der Waals surface area contributed by atoms with Crippen LogP contribution < -0.4 is 11.1 Å². The van der Waals surface area contributed by atoms with E-state index in [0.717, 1.165) is 5.56 Å². The molecule has 1 atom stereocenters. The number of nitrogens with one attached hydrogen (secondary N) is 1. The van der Waals surface area contributed by atoms with E-state index >= 15 is 0 Å². The molecule has 5 heteroatoms. The highest BCUT2D eigenvalue weighted by Gasteiger charge is 2.07. The van der Waals surface area contributed by atoms with Crippen molar-refractivity contribution in [3.63, 3.8) is 0 Å². The van der Waals surface area contributed by atoms with Gasteiger partial charge in [0, 0.05) is 33.0 Å². The lowest BCUT2D eigenvalue weighted by Gasteiger charge is -2.16. The summed E-state index contributed by atoms with van der Waals surface area (Å²) in [5, 5.41) is 3.10. The van der Waals surface area contributed by atoms with Crippen LogP contribution in [0.4, 0.5) is 10.1 Å². The fraction of sp³-hybridized carbons (Fsp3) is 0.500. The third-order valence-electron chi connectivity index (χ3n) is 2.41. The molecule has 4 nitrogen and oxygen atoms in total. The molecule has 1 rings (SSSR count). The maximum Gasteiger partial charge on any atom is 0.125 e. The smallest absolute Gasteiger partial charge is 0.125 e. The Kier molecular flexibility index (Phi) is 5.90. The minimum atomic E-state index is -0.295. The maximum absolute atomic E-state index is 13.2. The molecule has 0 aliphatic heterocycles. The first-order chi connectivity index (χ1) is 8.19. The van der Waals surface area contributed by atoms with E-state index in [9.17, 15) is 4.39 Å². The first-order valence-corrected chi connectivity index (χ1v) is 5.44. The fourth-order valence-corrected chi connectivity index (χ4v) is 1.50. The monoisotopic (exact) mass is 242 g/mol. The second kappa shape index (κ2) is 7.21. The number of benzene rings is 1. The summed E-state index contributed by atoms with van der Waals surface area (Å²) in [5.74, 6) is -0.295. The molecular formula is C12H19FN2O2.